The predicted molar refractivity (Wildman–Crippen MR) is 107 cm³/mol. The number of aromatic hydroxyl groups is 1. The lowest BCUT2D eigenvalue weighted by molar-refractivity contribution is 0.103. The zero-order valence-corrected chi connectivity index (χ0v) is 16.1. The van der Waals surface area contributed by atoms with Gasteiger partial charge in [-0.05, 0) is 31.3 Å². The molecule has 0 saturated carbocycles. The van der Waals surface area contributed by atoms with Crippen LogP contribution in [-0.4, -0.2) is 61.0 Å². The number of nitrogens with zero attached hydrogens (tertiary/aromatic N) is 2. The van der Waals surface area contributed by atoms with E-state index < -0.39 is 0 Å². The molecule has 0 bridgehead atoms. The summed E-state index contributed by atoms with van der Waals surface area (Å²) in [6.07, 6.45) is 1.49. The summed E-state index contributed by atoms with van der Waals surface area (Å²) in [5.41, 5.74) is 2.33. The van der Waals surface area contributed by atoms with E-state index in [0.717, 1.165) is 31.7 Å². The van der Waals surface area contributed by atoms with Crippen LogP contribution in [0.15, 0.2) is 47.1 Å². The first-order valence-corrected chi connectivity index (χ1v) is 9.38. The van der Waals surface area contributed by atoms with Crippen molar-refractivity contribution in [2.75, 3.05) is 40.3 Å². The molecule has 1 saturated heterocycles. The Kier molecular flexibility index (Phi) is 5.07. The van der Waals surface area contributed by atoms with Crippen LogP contribution in [0.4, 0.5) is 0 Å². The fraction of sp³-hybridized carbons (Fsp3) is 0.318. The highest BCUT2D eigenvalue weighted by Crippen LogP contribution is 2.34. The standard InChI is InChI=1S/C22H24N2O4/c1-23-8-10-24(11-9-23)13-17-19(25)6-7-20-21(17)18(14-28-20)22(26)15-4-3-5-16(12-15)27-2/h3-7,12,14,25H,8-11,13H2,1-2H3. The first kappa shape index (κ1) is 18.5. The van der Waals surface area contributed by atoms with Crippen molar-refractivity contribution >= 4 is 16.8 Å². The Balaban J connectivity index is 1.73. The summed E-state index contributed by atoms with van der Waals surface area (Å²) >= 11 is 0. The van der Waals surface area contributed by atoms with Crippen LogP contribution < -0.4 is 4.74 Å². The summed E-state index contributed by atoms with van der Waals surface area (Å²) in [7, 11) is 3.68. The van der Waals surface area contributed by atoms with Crippen LogP contribution in [0.2, 0.25) is 0 Å². The fourth-order valence-electron chi connectivity index (χ4n) is 3.67. The smallest absolute Gasteiger partial charge is 0.197 e. The van der Waals surface area contributed by atoms with Gasteiger partial charge < -0.3 is 19.2 Å². The topological polar surface area (TPSA) is 66.2 Å². The SMILES string of the molecule is COc1cccc(C(=O)c2coc3ccc(O)c(CN4CCN(C)CC4)c23)c1. The van der Waals surface area contributed by atoms with E-state index in [1.807, 2.05) is 0 Å². The van der Waals surface area contributed by atoms with Crippen molar-refractivity contribution in [1.29, 1.82) is 0 Å². The molecule has 1 aliphatic heterocycles. The number of phenols is 1. The number of carbonyl (C=O) groups is 1. The van der Waals surface area contributed by atoms with Crippen LogP contribution in [0.25, 0.3) is 11.0 Å². The Hall–Kier alpha value is -2.83. The lowest BCUT2D eigenvalue weighted by atomic mass is 9.98. The molecular formula is C22H24N2O4. The lowest BCUT2D eigenvalue weighted by Gasteiger charge is -2.32. The highest BCUT2D eigenvalue weighted by atomic mass is 16.5. The molecule has 0 atom stereocenters. The largest absolute Gasteiger partial charge is 0.508 e. The predicted octanol–water partition coefficient (Wildman–Crippen LogP) is 3.13. The molecule has 6 heteroatoms. The molecule has 0 spiro atoms. The van der Waals surface area contributed by atoms with Crippen molar-refractivity contribution in [3.8, 4) is 11.5 Å². The maximum Gasteiger partial charge on any atom is 0.197 e. The summed E-state index contributed by atoms with van der Waals surface area (Å²) in [6, 6.07) is 10.4. The summed E-state index contributed by atoms with van der Waals surface area (Å²) in [5.74, 6) is 0.662. The number of benzene rings is 2. The molecule has 2 heterocycles. The third-order valence-corrected chi connectivity index (χ3v) is 5.38. The number of likely N-dealkylation sites (N-methyl/N-ethyl adjacent to an activating group) is 1. The Bertz CT molecular complexity index is 1000. The number of hydrogen-bond acceptors (Lipinski definition) is 6. The van der Waals surface area contributed by atoms with E-state index >= 15 is 0 Å². The van der Waals surface area contributed by atoms with Gasteiger partial charge in [-0.15, -0.1) is 0 Å². The Morgan fingerprint density at radius 2 is 1.96 bits per heavy atom. The molecule has 6 nitrogen and oxygen atoms in total. The molecule has 0 amide bonds. The van der Waals surface area contributed by atoms with Gasteiger partial charge in [0.25, 0.3) is 0 Å². The molecule has 1 fully saturated rings. The van der Waals surface area contributed by atoms with Gasteiger partial charge in [-0.2, -0.15) is 0 Å². The van der Waals surface area contributed by atoms with E-state index in [9.17, 15) is 9.90 Å². The third-order valence-electron chi connectivity index (χ3n) is 5.38. The summed E-state index contributed by atoms with van der Waals surface area (Å²) in [4.78, 5) is 17.7. The number of fused-ring (bicyclic) bond motifs is 1. The molecule has 1 aliphatic rings. The molecule has 3 aromatic rings. The van der Waals surface area contributed by atoms with Crippen LogP contribution in [0.1, 0.15) is 21.5 Å². The van der Waals surface area contributed by atoms with Gasteiger partial charge >= 0.3 is 0 Å². The zero-order chi connectivity index (χ0) is 19.7. The summed E-state index contributed by atoms with van der Waals surface area (Å²) < 4.78 is 10.9. The van der Waals surface area contributed by atoms with Gasteiger partial charge in [0.05, 0.1) is 12.7 Å². The van der Waals surface area contributed by atoms with E-state index in [0.29, 0.717) is 34.4 Å². The molecular weight excluding hydrogens is 356 g/mol. The number of hydrogen-bond donors (Lipinski definition) is 1. The average Bonchev–Trinajstić information content (AvgIpc) is 3.15. The van der Waals surface area contributed by atoms with E-state index in [1.54, 1.807) is 43.5 Å². The summed E-state index contributed by atoms with van der Waals surface area (Å²) in [5, 5.41) is 11.2. The van der Waals surface area contributed by atoms with Gasteiger partial charge in [0, 0.05) is 49.2 Å². The monoisotopic (exact) mass is 380 g/mol. The number of piperazine rings is 1. The molecule has 28 heavy (non-hydrogen) atoms. The van der Waals surface area contributed by atoms with Crippen molar-refractivity contribution in [2.45, 2.75) is 6.54 Å². The zero-order valence-electron chi connectivity index (χ0n) is 16.1. The van der Waals surface area contributed by atoms with Crippen molar-refractivity contribution in [1.82, 2.24) is 9.80 Å². The minimum absolute atomic E-state index is 0.150. The van der Waals surface area contributed by atoms with Gasteiger partial charge in [0.15, 0.2) is 5.78 Å². The number of ketones is 1. The Morgan fingerprint density at radius 3 is 2.71 bits per heavy atom. The molecule has 1 N–H and O–H groups in total. The Morgan fingerprint density at radius 1 is 1.18 bits per heavy atom. The van der Waals surface area contributed by atoms with Gasteiger partial charge in [0.1, 0.15) is 23.3 Å². The quantitative estimate of drug-likeness (QED) is 0.686. The third kappa shape index (κ3) is 3.48. The van der Waals surface area contributed by atoms with Gasteiger partial charge in [0.2, 0.25) is 0 Å². The van der Waals surface area contributed by atoms with Crippen LogP contribution in [0.5, 0.6) is 11.5 Å². The maximum atomic E-state index is 13.2. The number of phenolic OH excluding ortho intramolecular Hbond substituents is 1. The van der Waals surface area contributed by atoms with E-state index in [4.69, 9.17) is 9.15 Å². The number of carbonyl (C=O) groups excluding carboxylic acids is 1. The van der Waals surface area contributed by atoms with E-state index in [2.05, 4.69) is 16.8 Å². The van der Waals surface area contributed by atoms with Crippen LogP contribution >= 0.6 is 0 Å². The molecule has 2 aromatic carbocycles. The van der Waals surface area contributed by atoms with Crippen molar-refractivity contribution in [2.24, 2.45) is 0 Å². The van der Waals surface area contributed by atoms with Crippen LogP contribution in [0, 0.1) is 0 Å². The minimum atomic E-state index is -0.150. The second-order valence-corrected chi connectivity index (χ2v) is 7.23. The molecule has 0 unspecified atom stereocenters. The number of furan rings is 1. The average molecular weight is 380 g/mol. The van der Waals surface area contributed by atoms with Crippen molar-refractivity contribution in [3.63, 3.8) is 0 Å². The highest BCUT2D eigenvalue weighted by Gasteiger charge is 2.23. The number of ether oxygens (including phenoxy) is 1. The van der Waals surface area contributed by atoms with Crippen LogP contribution in [-0.2, 0) is 6.54 Å². The first-order chi connectivity index (χ1) is 13.6. The highest BCUT2D eigenvalue weighted by molar-refractivity contribution is 6.16. The fourth-order valence-corrected chi connectivity index (χ4v) is 3.67. The van der Waals surface area contributed by atoms with E-state index in [-0.39, 0.29) is 11.5 Å². The van der Waals surface area contributed by atoms with Gasteiger partial charge in [-0.3, -0.25) is 9.69 Å². The number of methoxy groups -OCH3 is 1. The summed E-state index contributed by atoms with van der Waals surface area (Å²) in [6.45, 7) is 4.39. The van der Waals surface area contributed by atoms with E-state index in [1.165, 1.54) is 6.26 Å². The Labute approximate surface area is 163 Å². The van der Waals surface area contributed by atoms with Crippen molar-refractivity contribution in [3.05, 3.63) is 59.4 Å². The minimum Gasteiger partial charge on any atom is -0.508 e. The second kappa shape index (κ2) is 7.66. The number of rotatable bonds is 5. The first-order valence-electron chi connectivity index (χ1n) is 9.38. The lowest BCUT2D eigenvalue weighted by Crippen LogP contribution is -2.43. The normalized spacial score (nSPS) is 15.8. The van der Waals surface area contributed by atoms with Gasteiger partial charge in [-0.1, -0.05) is 12.1 Å². The van der Waals surface area contributed by atoms with Crippen molar-refractivity contribution < 1.29 is 19.1 Å². The maximum absolute atomic E-state index is 13.2. The van der Waals surface area contributed by atoms with Crippen LogP contribution in [0.3, 0.4) is 0 Å². The van der Waals surface area contributed by atoms with Gasteiger partial charge in [-0.25, -0.2) is 0 Å². The molecule has 0 aliphatic carbocycles. The molecule has 146 valence electrons. The molecule has 4 rings (SSSR count). The molecule has 1 aromatic heterocycles. The molecule has 0 radical (unpaired) electrons. The second-order valence-electron chi connectivity index (χ2n) is 7.23.